The average Bonchev–Trinajstić information content (AvgIpc) is 2.28. The largest absolute Gasteiger partial charge is 0.373 e. The van der Waals surface area contributed by atoms with Crippen molar-refractivity contribution in [1.82, 2.24) is 4.90 Å². The molecule has 1 aromatic carbocycles. The van der Waals surface area contributed by atoms with Gasteiger partial charge in [0.25, 0.3) is 0 Å². The minimum atomic E-state index is 0.170. The Hall–Kier alpha value is -0.710. The normalized spacial score (nSPS) is 25.1. The van der Waals surface area contributed by atoms with Crippen molar-refractivity contribution in [3.8, 4) is 0 Å². The van der Waals surface area contributed by atoms with E-state index in [0.29, 0.717) is 6.54 Å². The molecule has 98 valence electrons. The van der Waals surface area contributed by atoms with Gasteiger partial charge in [-0.3, -0.25) is 9.69 Å². The molecule has 1 heterocycles. The van der Waals surface area contributed by atoms with Crippen LogP contribution in [0.1, 0.15) is 24.2 Å². The highest BCUT2D eigenvalue weighted by molar-refractivity contribution is 9.10. The van der Waals surface area contributed by atoms with Crippen LogP contribution in [0.15, 0.2) is 28.7 Å². The molecule has 1 aliphatic rings. The maximum Gasteiger partial charge on any atom is 0.176 e. The number of Topliss-reactive ketones (excluding diaryl/α,β-unsaturated/α-hetero) is 1. The van der Waals surface area contributed by atoms with Gasteiger partial charge in [0, 0.05) is 23.1 Å². The zero-order chi connectivity index (χ0) is 13.1. The third-order valence-electron chi connectivity index (χ3n) is 3.03. The van der Waals surface area contributed by atoms with E-state index in [1.807, 2.05) is 38.1 Å². The van der Waals surface area contributed by atoms with Gasteiger partial charge < -0.3 is 4.74 Å². The Balaban J connectivity index is 1.96. The van der Waals surface area contributed by atoms with Crippen LogP contribution in [0.4, 0.5) is 0 Å². The highest BCUT2D eigenvalue weighted by Gasteiger charge is 2.23. The first kappa shape index (κ1) is 13.7. The molecule has 4 heteroatoms. The van der Waals surface area contributed by atoms with Gasteiger partial charge in [0.05, 0.1) is 18.8 Å². The van der Waals surface area contributed by atoms with Gasteiger partial charge >= 0.3 is 0 Å². The first-order valence-electron chi connectivity index (χ1n) is 6.21. The lowest BCUT2D eigenvalue weighted by Gasteiger charge is -2.34. The first-order valence-corrected chi connectivity index (χ1v) is 7.00. The predicted octanol–water partition coefficient (Wildman–Crippen LogP) is 2.74. The number of rotatable bonds is 3. The van der Waals surface area contributed by atoms with Crippen LogP contribution in [0.25, 0.3) is 0 Å². The number of carbonyl (C=O) groups is 1. The summed E-state index contributed by atoms with van der Waals surface area (Å²) in [6.07, 6.45) is 0.401. The Kier molecular flexibility index (Phi) is 4.54. The molecule has 0 saturated carbocycles. The van der Waals surface area contributed by atoms with Crippen LogP contribution >= 0.6 is 15.9 Å². The Morgan fingerprint density at radius 2 is 1.83 bits per heavy atom. The average molecular weight is 312 g/mol. The number of ether oxygens (including phenoxy) is 1. The van der Waals surface area contributed by atoms with Gasteiger partial charge in [-0.2, -0.15) is 0 Å². The maximum atomic E-state index is 12.1. The van der Waals surface area contributed by atoms with Gasteiger partial charge in [-0.25, -0.2) is 0 Å². The molecule has 18 heavy (non-hydrogen) atoms. The van der Waals surface area contributed by atoms with Gasteiger partial charge in [-0.1, -0.05) is 28.1 Å². The molecular weight excluding hydrogens is 294 g/mol. The van der Waals surface area contributed by atoms with E-state index < -0.39 is 0 Å². The van der Waals surface area contributed by atoms with Crippen molar-refractivity contribution in [2.24, 2.45) is 0 Å². The van der Waals surface area contributed by atoms with E-state index in [-0.39, 0.29) is 18.0 Å². The third kappa shape index (κ3) is 3.64. The minimum absolute atomic E-state index is 0.170. The van der Waals surface area contributed by atoms with E-state index in [1.54, 1.807) is 0 Å². The quantitative estimate of drug-likeness (QED) is 0.804. The SMILES string of the molecule is CC1CN(CC(=O)c2ccc(Br)cc2)CC(C)O1. The Morgan fingerprint density at radius 3 is 2.39 bits per heavy atom. The fraction of sp³-hybridized carbons (Fsp3) is 0.500. The molecule has 3 nitrogen and oxygen atoms in total. The van der Waals surface area contributed by atoms with Gasteiger partial charge in [-0.05, 0) is 26.0 Å². The maximum absolute atomic E-state index is 12.1. The second-order valence-corrected chi connectivity index (χ2v) is 5.80. The molecule has 0 amide bonds. The van der Waals surface area contributed by atoms with Gasteiger partial charge in [0.15, 0.2) is 5.78 Å². The summed E-state index contributed by atoms with van der Waals surface area (Å²) < 4.78 is 6.65. The molecular formula is C14H18BrNO2. The molecule has 0 aromatic heterocycles. The number of halogens is 1. The summed E-state index contributed by atoms with van der Waals surface area (Å²) in [5, 5.41) is 0. The van der Waals surface area contributed by atoms with E-state index in [0.717, 1.165) is 23.1 Å². The number of hydrogen-bond donors (Lipinski definition) is 0. The lowest BCUT2D eigenvalue weighted by molar-refractivity contribution is -0.0652. The summed E-state index contributed by atoms with van der Waals surface area (Å²) in [5.41, 5.74) is 0.769. The van der Waals surface area contributed by atoms with Crippen LogP contribution in [0.5, 0.6) is 0 Å². The van der Waals surface area contributed by atoms with E-state index >= 15 is 0 Å². The number of nitrogens with zero attached hydrogens (tertiary/aromatic N) is 1. The van der Waals surface area contributed by atoms with Crippen molar-refractivity contribution in [2.75, 3.05) is 19.6 Å². The molecule has 0 bridgehead atoms. The topological polar surface area (TPSA) is 29.5 Å². The summed E-state index contributed by atoms with van der Waals surface area (Å²) in [6.45, 7) is 6.22. The zero-order valence-electron chi connectivity index (χ0n) is 10.7. The zero-order valence-corrected chi connectivity index (χ0v) is 12.3. The van der Waals surface area contributed by atoms with Crippen LogP contribution in [-0.2, 0) is 4.74 Å². The Bertz CT molecular complexity index is 408. The molecule has 1 aliphatic heterocycles. The number of benzene rings is 1. The van der Waals surface area contributed by atoms with Crippen LogP contribution in [0.3, 0.4) is 0 Å². The van der Waals surface area contributed by atoms with Crippen molar-refractivity contribution < 1.29 is 9.53 Å². The van der Waals surface area contributed by atoms with E-state index in [4.69, 9.17) is 4.74 Å². The van der Waals surface area contributed by atoms with Crippen molar-refractivity contribution in [2.45, 2.75) is 26.1 Å². The number of morpholine rings is 1. The summed E-state index contributed by atoms with van der Waals surface area (Å²) in [4.78, 5) is 14.3. The number of hydrogen-bond acceptors (Lipinski definition) is 3. The van der Waals surface area contributed by atoms with Gasteiger partial charge in [0.1, 0.15) is 0 Å². The van der Waals surface area contributed by atoms with Crippen LogP contribution in [0.2, 0.25) is 0 Å². The monoisotopic (exact) mass is 311 g/mol. The van der Waals surface area contributed by atoms with Crippen LogP contribution in [0, 0.1) is 0 Å². The molecule has 1 fully saturated rings. The highest BCUT2D eigenvalue weighted by Crippen LogP contribution is 2.14. The molecule has 0 aliphatic carbocycles. The second kappa shape index (κ2) is 5.95. The second-order valence-electron chi connectivity index (χ2n) is 4.88. The lowest BCUT2D eigenvalue weighted by atomic mass is 10.1. The summed E-state index contributed by atoms with van der Waals surface area (Å²) in [5.74, 6) is 0.170. The van der Waals surface area contributed by atoms with Crippen LogP contribution in [-0.4, -0.2) is 42.5 Å². The smallest absolute Gasteiger partial charge is 0.176 e. The first-order chi connectivity index (χ1) is 8.54. The molecule has 2 unspecified atom stereocenters. The van der Waals surface area contributed by atoms with Crippen LogP contribution < -0.4 is 0 Å². The van der Waals surface area contributed by atoms with Crippen molar-refractivity contribution >= 4 is 21.7 Å². The summed E-state index contributed by atoms with van der Waals surface area (Å²) in [6, 6.07) is 7.52. The molecule has 0 N–H and O–H groups in total. The fourth-order valence-corrected chi connectivity index (χ4v) is 2.61. The third-order valence-corrected chi connectivity index (χ3v) is 3.56. The standard InChI is InChI=1S/C14H18BrNO2/c1-10-7-16(8-11(2)18-10)9-14(17)12-3-5-13(15)6-4-12/h3-6,10-11H,7-9H2,1-2H3. The summed E-state index contributed by atoms with van der Waals surface area (Å²) in [7, 11) is 0. The summed E-state index contributed by atoms with van der Waals surface area (Å²) >= 11 is 3.37. The Labute approximate surface area is 116 Å². The van der Waals surface area contributed by atoms with Gasteiger partial charge in [-0.15, -0.1) is 0 Å². The lowest BCUT2D eigenvalue weighted by Crippen LogP contribution is -2.47. The Morgan fingerprint density at radius 1 is 1.28 bits per heavy atom. The van der Waals surface area contributed by atoms with Gasteiger partial charge in [0.2, 0.25) is 0 Å². The van der Waals surface area contributed by atoms with Crippen molar-refractivity contribution in [3.63, 3.8) is 0 Å². The number of carbonyl (C=O) groups excluding carboxylic acids is 1. The van der Waals surface area contributed by atoms with E-state index in [2.05, 4.69) is 20.8 Å². The minimum Gasteiger partial charge on any atom is -0.373 e. The predicted molar refractivity (Wildman–Crippen MR) is 74.9 cm³/mol. The highest BCUT2D eigenvalue weighted by atomic mass is 79.9. The van der Waals surface area contributed by atoms with E-state index in [1.165, 1.54) is 0 Å². The molecule has 0 spiro atoms. The molecule has 0 radical (unpaired) electrons. The number of ketones is 1. The van der Waals surface area contributed by atoms with Crippen molar-refractivity contribution in [3.05, 3.63) is 34.3 Å². The molecule has 2 atom stereocenters. The molecule has 2 rings (SSSR count). The van der Waals surface area contributed by atoms with Crippen molar-refractivity contribution in [1.29, 1.82) is 0 Å². The molecule has 1 saturated heterocycles. The fourth-order valence-electron chi connectivity index (χ4n) is 2.34. The van der Waals surface area contributed by atoms with E-state index in [9.17, 15) is 4.79 Å². The molecule has 1 aromatic rings.